The Morgan fingerprint density at radius 2 is 1.85 bits per heavy atom. The second kappa shape index (κ2) is 13.5. The number of methoxy groups -OCH3 is 1. The molecule has 0 radical (unpaired) electrons. The molecule has 1 heterocycles. The minimum atomic E-state index is -0.530. The monoisotopic (exact) mass is 550 g/mol. The lowest BCUT2D eigenvalue weighted by molar-refractivity contribution is 0.0393. The molecular formula is C30H35ClN4O4. The maximum atomic E-state index is 13.6. The van der Waals surface area contributed by atoms with Crippen LogP contribution in [0.5, 0.6) is 5.75 Å². The summed E-state index contributed by atoms with van der Waals surface area (Å²) in [6, 6.07) is 18.4. The number of halogens is 1. The van der Waals surface area contributed by atoms with E-state index < -0.39 is 5.91 Å². The molecule has 1 fully saturated rings. The average Bonchev–Trinajstić information content (AvgIpc) is 2.95. The number of nitrogens with two attached hydrogens (primary N) is 1. The third-order valence-corrected chi connectivity index (χ3v) is 7.19. The molecule has 3 aromatic rings. The van der Waals surface area contributed by atoms with Crippen LogP contribution in [-0.4, -0.2) is 69.9 Å². The van der Waals surface area contributed by atoms with E-state index in [0.717, 1.165) is 41.2 Å². The molecule has 0 bridgehead atoms. The molecule has 1 aliphatic rings. The van der Waals surface area contributed by atoms with Gasteiger partial charge in [0.05, 0.1) is 20.3 Å². The molecule has 1 aliphatic heterocycles. The fraction of sp³-hybridized carbons (Fsp3) is 0.333. The van der Waals surface area contributed by atoms with E-state index in [9.17, 15) is 9.59 Å². The number of nitrogens with one attached hydrogen (secondary N) is 1. The summed E-state index contributed by atoms with van der Waals surface area (Å²) in [5, 5.41) is 3.67. The number of nitrogens with zero attached hydrogens (tertiary/aromatic N) is 2. The highest BCUT2D eigenvalue weighted by molar-refractivity contribution is 6.30. The van der Waals surface area contributed by atoms with E-state index in [4.69, 9.17) is 26.8 Å². The van der Waals surface area contributed by atoms with Gasteiger partial charge in [-0.05, 0) is 72.0 Å². The standard InChI is InChI=1S/C30H35ClN4O4/c1-21-27(11-10-26(29(32)36)28(21)23-6-8-24(31)9-7-23)35(15-14-34-16-18-39-19-17-34)30(37)33-13-12-22-4-3-5-25(20-22)38-2/h3-11,20H,12-19H2,1-2H3,(H2,32,36)(H,33,37). The van der Waals surface area contributed by atoms with Gasteiger partial charge in [0.2, 0.25) is 5.91 Å². The number of carbonyl (C=O) groups excluding carboxylic acids is 2. The molecule has 0 aliphatic carbocycles. The van der Waals surface area contributed by atoms with E-state index in [1.807, 2.05) is 43.3 Å². The first-order valence-corrected chi connectivity index (χ1v) is 13.4. The zero-order valence-electron chi connectivity index (χ0n) is 22.4. The van der Waals surface area contributed by atoms with Gasteiger partial charge in [-0.3, -0.25) is 14.6 Å². The zero-order chi connectivity index (χ0) is 27.8. The number of rotatable bonds is 10. The van der Waals surface area contributed by atoms with Crippen molar-refractivity contribution in [2.75, 3.05) is 57.9 Å². The molecule has 4 rings (SSSR count). The summed E-state index contributed by atoms with van der Waals surface area (Å²) in [7, 11) is 1.64. The highest BCUT2D eigenvalue weighted by Crippen LogP contribution is 2.35. The number of carbonyl (C=O) groups is 2. The first kappa shape index (κ1) is 28.4. The van der Waals surface area contributed by atoms with Crippen molar-refractivity contribution in [3.63, 3.8) is 0 Å². The Kier molecular flexibility index (Phi) is 9.81. The molecule has 0 aromatic heterocycles. The highest BCUT2D eigenvalue weighted by Gasteiger charge is 2.23. The number of hydrogen-bond donors (Lipinski definition) is 2. The van der Waals surface area contributed by atoms with Crippen LogP contribution < -0.4 is 20.7 Å². The minimum Gasteiger partial charge on any atom is -0.497 e. The number of urea groups is 1. The van der Waals surface area contributed by atoms with Crippen LogP contribution in [0.1, 0.15) is 21.5 Å². The Morgan fingerprint density at radius 3 is 2.54 bits per heavy atom. The van der Waals surface area contributed by atoms with E-state index >= 15 is 0 Å². The molecule has 39 heavy (non-hydrogen) atoms. The van der Waals surface area contributed by atoms with Gasteiger partial charge in [-0.1, -0.05) is 35.9 Å². The van der Waals surface area contributed by atoms with Gasteiger partial charge in [-0.25, -0.2) is 4.79 Å². The van der Waals surface area contributed by atoms with Gasteiger partial charge in [-0.2, -0.15) is 0 Å². The van der Waals surface area contributed by atoms with E-state index in [-0.39, 0.29) is 6.03 Å². The van der Waals surface area contributed by atoms with Crippen molar-refractivity contribution in [1.29, 1.82) is 0 Å². The number of primary amides is 1. The van der Waals surface area contributed by atoms with E-state index in [2.05, 4.69) is 10.2 Å². The summed E-state index contributed by atoms with van der Waals surface area (Å²) in [5.41, 5.74) is 10.2. The molecule has 0 atom stereocenters. The Balaban J connectivity index is 1.61. The molecule has 1 saturated heterocycles. The Morgan fingerprint density at radius 1 is 1.10 bits per heavy atom. The number of hydrogen-bond acceptors (Lipinski definition) is 5. The van der Waals surface area contributed by atoms with E-state index in [1.165, 1.54) is 0 Å². The van der Waals surface area contributed by atoms with Crippen LogP contribution in [0.25, 0.3) is 11.1 Å². The molecule has 8 nitrogen and oxygen atoms in total. The number of ether oxygens (including phenoxy) is 2. The van der Waals surface area contributed by atoms with Crippen LogP contribution in [0.15, 0.2) is 60.7 Å². The Labute approximate surface area is 234 Å². The second-order valence-electron chi connectivity index (χ2n) is 9.44. The molecule has 9 heteroatoms. The predicted octanol–water partition coefficient (Wildman–Crippen LogP) is 4.51. The summed E-state index contributed by atoms with van der Waals surface area (Å²) in [6.45, 7) is 6.54. The molecule has 206 valence electrons. The summed E-state index contributed by atoms with van der Waals surface area (Å²) in [5.74, 6) is 0.253. The third-order valence-electron chi connectivity index (χ3n) is 6.94. The van der Waals surface area contributed by atoms with Crippen molar-refractivity contribution >= 4 is 29.2 Å². The molecule has 3 N–H and O–H groups in total. The van der Waals surface area contributed by atoms with Crippen molar-refractivity contribution in [2.45, 2.75) is 13.3 Å². The van der Waals surface area contributed by atoms with Crippen molar-refractivity contribution in [3.8, 4) is 16.9 Å². The van der Waals surface area contributed by atoms with Gasteiger partial charge in [0, 0.05) is 49.0 Å². The van der Waals surface area contributed by atoms with Crippen LogP contribution in [0.4, 0.5) is 10.5 Å². The summed E-state index contributed by atoms with van der Waals surface area (Å²) < 4.78 is 10.8. The first-order valence-electron chi connectivity index (χ1n) is 13.0. The van der Waals surface area contributed by atoms with Gasteiger partial charge in [0.15, 0.2) is 0 Å². The maximum absolute atomic E-state index is 13.6. The van der Waals surface area contributed by atoms with Crippen LogP contribution in [0.3, 0.4) is 0 Å². The van der Waals surface area contributed by atoms with Gasteiger partial charge < -0.3 is 20.5 Å². The lowest BCUT2D eigenvalue weighted by atomic mass is 9.93. The third kappa shape index (κ3) is 7.29. The Bertz CT molecular complexity index is 1290. The lowest BCUT2D eigenvalue weighted by Crippen LogP contribution is -2.47. The molecule has 0 unspecified atom stereocenters. The van der Waals surface area contributed by atoms with Crippen molar-refractivity contribution < 1.29 is 19.1 Å². The summed E-state index contributed by atoms with van der Waals surface area (Å²) in [6.07, 6.45) is 0.663. The predicted molar refractivity (Wildman–Crippen MR) is 155 cm³/mol. The number of morpholine rings is 1. The lowest BCUT2D eigenvalue weighted by Gasteiger charge is -2.31. The number of anilines is 1. The summed E-state index contributed by atoms with van der Waals surface area (Å²) >= 11 is 6.12. The van der Waals surface area contributed by atoms with E-state index in [0.29, 0.717) is 55.4 Å². The number of benzene rings is 3. The normalized spacial score (nSPS) is 13.6. The van der Waals surface area contributed by atoms with Crippen LogP contribution >= 0.6 is 11.6 Å². The summed E-state index contributed by atoms with van der Waals surface area (Å²) in [4.78, 5) is 30.0. The highest BCUT2D eigenvalue weighted by atomic mass is 35.5. The zero-order valence-corrected chi connectivity index (χ0v) is 23.2. The quantitative estimate of drug-likeness (QED) is 0.387. The second-order valence-corrected chi connectivity index (χ2v) is 9.88. The topological polar surface area (TPSA) is 97.1 Å². The molecular weight excluding hydrogens is 516 g/mol. The SMILES string of the molecule is COc1cccc(CCNC(=O)N(CCN2CCOCC2)c2ccc(C(N)=O)c(-c3ccc(Cl)cc3)c2C)c1. The van der Waals surface area contributed by atoms with Gasteiger partial charge in [-0.15, -0.1) is 0 Å². The molecule has 3 amide bonds. The van der Waals surface area contributed by atoms with Crippen LogP contribution in [0.2, 0.25) is 5.02 Å². The van der Waals surface area contributed by atoms with Gasteiger partial charge in [0.1, 0.15) is 5.75 Å². The van der Waals surface area contributed by atoms with Crippen molar-refractivity contribution in [3.05, 3.63) is 82.4 Å². The fourth-order valence-electron chi connectivity index (χ4n) is 4.82. The number of amides is 3. The Hall–Kier alpha value is -3.59. The fourth-order valence-corrected chi connectivity index (χ4v) is 4.95. The average molecular weight is 551 g/mol. The first-order chi connectivity index (χ1) is 18.9. The van der Waals surface area contributed by atoms with Gasteiger partial charge >= 0.3 is 6.03 Å². The maximum Gasteiger partial charge on any atom is 0.321 e. The molecule has 0 spiro atoms. The van der Waals surface area contributed by atoms with Gasteiger partial charge in [0.25, 0.3) is 0 Å². The molecule has 3 aromatic carbocycles. The minimum absolute atomic E-state index is 0.205. The molecule has 0 saturated carbocycles. The van der Waals surface area contributed by atoms with Crippen molar-refractivity contribution in [2.24, 2.45) is 5.73 Å². The van der Waals surface area contributed by atoms with E-state index in [1.54, 1.807) is 36.3 Å². The van der Waals surface area contributed by atoms with Crippen molar-refractivity contribution in [1.82, 2.24) is 10.2 Å². The largest absolute Gasteiger partial charge is 0.497 e. The smallest absolute Gasteiger partial charge is 0.321 e. The van der Waals surface area contributed by atoms with Crippen LogP contribution in [-0.2, 0) is 11.2 Å². The van der Waals surface area contributed by atoms with Crippen LogP contribution in [0, 0.1) is 6.92 Å².